The van der Waals surface area contributed by atoms with Crippen molar-refractivity contribution in [3.63, 3.8) is 0 Å². The molecular weight excluding hydrogens is 254 g/mol. The van der Waals surface area contributed by atoms with Crippen molar-refractivity contribution in [2.24, 2.45) is 7.05 Å². The van der Waals surface area contributed by atoms with Gasteiger partial charge >= 0.3 is 0 Å². The number of carbonyl (C=O) groups excluding carboxylic acids is 1. The molecule has 0 radical (unpaired) electrons. The highest BCUT2D eigenvalue weighted by molar-refractivity contribution is 5.92. The zero-order valence-corrected chi connectivity index (χ0v) is 11.5. The van der Waals surface area contributed by atoms with Gasteiger partial charge in [0.2, 0.25) is 0 Å². The number of nitrogens with one attached hydrogen (secondary N) is 2. The Labute approximate surface area is 117 Å². The maximum Gasteiger partial charge on any atom is 0.274 e. The molecule has 0 saturated carbocycles. The van der Waals surface area contributed by atoms with E-state index in [0.717, 1.165) is 12.1 Å². The summed E-state index contributed by atoms with van der Waals surface area (Å²) in [6.07, 6.45) is 1.61. The number of aromatic nitrogens is 3. The number of fused-ring (bicyclic) bond motifs is 1. The molecule has 1 amide bonds. The van der Waals surface area contributed by atoms with Gasteiger partial charge in [-0.15, -0.1) is 5.10 Å². The van der Waals surface area contributed by atoms with Gasteiger partial charge in [0.1, 0.15) is 0 Å². The number of benzene rings is 1. The largest absolute Gasteiger partial charge is 0.342 e. The fraction of sp³-hybridized carbons (Fsp3) is 0.357. The molecule has 1 aliphatic heterocycles. The van der Waals surface area contributed by atoms with Crippen molar-refractivity contribution in [1.29, 1.82) is 0 Å². The summed E-state index contributed by atoms with van der Waals surface area (Å²) in [5, 5.41) is 14.1. The number of amides is 1. The van der Waals surface area contributed by atoms with E-state index in [9.17, 15) is 4.79 Å². The average molecular weight is 271 g/mol. The topological polar surface area (TPSA) is 71.8 Å². The predicted octanol–water partition coefficient (Wildman–Crippen LogP) is 0.778. The van der Waals surface area contributed by atoms with Crippen LogP contribution >= 0.6 is 0 Å². The van der Waals surface area contributed by atoms with Crippen LogP contribution in [0.2, 0.25) is 0 Å². The molecule has 2 aromatic rings. The summed E-state index contributed by atoms with van der Waals surface area (Å²) in [4.78, 5) is 12.2. The molecule has 1 aliphatic rings. The summed E-state index contributed by atoms with van der Waals surface area (Å²) in [6, 6.07) is 8.26. The van der Waals surface area contributed by atoms with Gasteiger partial charge in [-0.2, -0.15) is 0 Å². The molecule has 2 atom stereocenters. The van der Waals surface area contributed by atoms with E-state index in [1.165, 1.54) is 10.2 Å². The number of aryl methyl sites for hydroxylation is 1. The third-order valence-electron chi connectivity index (χ3n) is 3.63. The summed E-state index contributed by atoms with van der Waals surface area (Å²) in [7, 11) is 1.74. The van der Waals surface area contributed by atoms with Gasteiger partial charge in [0.15, 0.2) is 5.69 Å². The molecule has 2 N–H and O–H groups in total. The zero-order chi connectivity index (χ0) is 14.1. The Kier molecular flexibility index (Phi) is 3.23. The molecule has 0 saturated heterocycles. The van der Waals surface area contributed by atoms with Crippen molar-refractivity contribution < 1.29 is 4.79 Å². The molecule has 0 bridgehead atoms. The highest BCUT2D eigenvalue weighted by Gasteiger charge is 2.28. The Morgan fingerprint density at radius 3 is 3.00 bits per heavy atom. The quantitative estimate of drug-likeness (QED) is 0.846. The van der Waals surface area contributed by atoms with Gasteiger partial charge in [-0.25, -0.2) is 0 Å². The van der Waals surface area contributed by atoms with Gasteiger partial charge in [0.05, 0.1) is 12.2 Å². The second-order valence-corrected chi connectivity index (χ2v) is 5.10. The molecular formula is C14H17N5O. The Morgan fingerprint density at radius 2 is 2.25 bits per heavy atom. The first-order valence-corrected chi connectivity index (χ1v) is 6.63. The lowest BCUT2D eigenvalue weighted by molar-refractivity contribution is 0.0920. The fourth-order valence-electron chi connectivity index (χ4n) is 2.53. The number of hydrogen-bond acceptors (Lipinski definition) is 4. The molecule has 0 spiro atoms. The first-order chi connectivity index (χ1) is 9.65. The minimum Gasteiger partial charge on any atom is -0.342 e. The third kappa shape index (κ3) is 2.30. The van der Waals surface area contributed by atoms with E-state index in [1.807, 2.05) is 12.1 Å². The minimum absolute atomic E-state index is 0.0607. The van der Waals surface area contributed by atoms with Crippen molar-refractivity contribution in [3.8, 4) is 0 Å². The van der Waals surface area contributed by atoms with Crippen LogP contribution in [-0.2, 0) is 13.6 Å². The van der Waals surface area contributed by atoms with Crippen LogP contribution in [0.1, 0.15) is 34.6 Å². The van der Waals surface area contributed by atoms with Crippen molar-refractivity contribution >= 4 is 5.91 Å². The van der Waals surface area contributed by atoms with Crippen LogP contribution in [0.4, 0.5) is 0 Å². The smallest absolute Gasteiger partial charge is 0.274 e. The molecule has 104 valence electrons. The second kappa shape index (κ2) is 5.05. The van der Waals surface area contributed by atoms with Crippen LogP contribution in [-0.4, -0.2) is 26.9 Å². The van der Waals surface area contributed by atoms with Crippen LogP contribution in [0.3, 0.4) is 0 Å². The van der Waals surface area contributed by atoms with E-state index in [1.54, 1.807) is 13.2 Å². The zero-order valence-electron chi connectivity index (χ0n) is 11.5. The highest BCUT2D eigenvalue weighted by atomic mass is 16.2. The first-order valence-electron chi connectivity index (χ1n) is 6.63. The maximum atomic E-state index is 12.2. The van der Waals surface area contributed by atoms with Crippen LogP contribution in [0.5, 0.6) is 0 Å². The molecule has 6 heteroatoms. The lowest BCUT2D eigenvalue weighted by Crippen LogP contribution is -2.45. The standard InChI is InChI=1S/C14H17N5O/c1-9-13(11-6-4-3-5-10(11)7-15-9)16-14(20)12-8-19(2)18-17-12/h3-6,8-9,13,15H,7H2,1-2H3,(H,16,20). The summed E-state index contributed by atoms with van der Waals surface area (Å²) < 4.78 is 1.52. The number of rotatable bonds is 2. The van der Waals surface area contributed by atoms with E-state index in [2.05, 4.69) is 40.0 Å². The molecule has 1 aromatic carbocycles. The van der Waals surface area contributed by atoms with Crippen molar-refractivity contribution in [1.82, 2.24) is 25.6 Å². The number of hydrogen-bond donors (Lipinski definition) is 2. The molecule has 2 heterocycles. The normalized spacial score (nSPS) is 21.3. The van der Waals surface area contributed by atoms with E-state index in [0.29, 0.717) is 5.69 Å². The van der Waals surface area contributed by atoms with Gasteiger partial charge < -0.3 is 10.6 Å². The van der Waals surface area contributed by atoms with Crippen molar-refractivity contribution in [3.05, 3.63) is 47.3 Å². The van der Waals surface area contributed by atoms with Crippen LogP contribution in [0, 0.1) is 0 Å². The molecule has 20 heavy (non-hydrogen) atoms. The number of carbonyl (C=O) groups is 1. The lowest BCUT2D eigenvalue weighted by Gasteiger charge is -2.32. The molecule has 1 aromatic heterocycles. The predicted molar refractivity (Wildman–Crippen MR) is 74.0 cm³/mol. The summed E-state index contributed by atoms with van der Waals surface area (Å²) in [6.45, 7) is 2.90. The van der Waals surface area contributed by atoms with E-state index in [-0.39, 0.29) is 18.0 Å². The van der Waals surface area contributed by atoms with Crippen molar-refractivity contribution in [2.75, 3.05) is 0 Å². The second-order valence-electron chi connectivity index (χ2n) is 5.10. The SMILES string of the molecule is CC1NCc2ccccc2C1NC(=O)c1cn(C)nn1. The minimum atomic E-state index is -0.201. The molecule has 3 rings (SSSR count). The fourth-order valence-corrected chi connectivity index (χ4v) is 2.53. The van der Waals surface area contributed by atoms with Gasteiger partial charge in [0.25, 0.3) is 5.91 Å². The molecule has 2 unspecified atom stereocenters. The van der Waals surface area contributed by atoms with Crippen LogP contribution in [0.25, 0.3) is 0 Å². The maximum absolute atomic E-state index is 12.2. The molecule has 6 nitrogen and oxygen atoms in total. The van der Waals surface area contributed by atoms with Gasteiger partial charge in [0, 0.05) is 19.6 Å². The Hall–Kier alpha value is -2.21. The Bertz CT molecular complexity index is 636. The Balaban J connectivity index is 1.85. The average Bonchev–Trinajstić information content (AvgIpc) is 2.89. The molecule has 0 aliphatic carbocycles. The van der Waals surface area contributed by atoms with Gasteiger partial charge in [-0.05, 0) is 18.1 Å². The third-order valence-corrected chi connectivity index (χ3v) is 3.63. The van der Waals surface area contributed by atoms with Crippen LogP contribution < -0.4 is 10.6 Å². The monoisotopic (exact) mass is 271 g/mol. The van der Waals surface area contributed by atoms with E-state index in [4.69, 9.17) is 0 Å². The first kappa shape index (κ1) is 12.8. The highest BCUT2D eigenvalue weighted by Crippen LogP contribution is 2.25. The summed E-state index contributed by atoms with van der Waals surface area (Å²) in [5.74, 6) is -0.201. The van der Waals surface area contributed by atoms with Crippen LogP contribution in [0.15, 0.2) is 30.5 Å². The summed E-state index contributed by atoms with van der Waals surface area (Å²) >= 11 is 0. The van der Waals surface area contributed by atoms with Crippen molar-refractivity contribution in [2.45, 2.75) is 25.6 Å². The van der Waals surface area contributed by atoms with E-state index >= 15 is 0 Å². The van der Waals surface area contributed by atoms with Gasteiger partial charge in [-0.1, -0.05) is 29.5 Å². The number of nitrogens with zero attached hydrogens (tertiary/aromatic N) is 3. The summed E-state index contributed by atoms with van der Waals surface area (Å²) in [5.41, 5.74) is 2.72. The Morgan fingerprint density at radius 1 is 1.45 bits per heavy atom. The van der Waals surface area contributed by atoms with E-state index < -0.39 is 0 Å². The molecule has 0 fully saturated rings. The lowest BCUT2D eigenvalue weighted by atomic mass is 9.91. The van der Waals surface area contributed by atoms with Gasteiger partial charge in [-0.3, -0.25) is 9.48 Å².